The van der Waals surface area contributed by atoms with Gasteiger partial charge in [0.05, 0.1) is 19.8 Å². The van der Waals surface area contributed by atoms with Crippen molar-refractivity contribution in [2.24, 2.45) is 23.0 Å². The summed E-state index contributed by atoms with van der Waals surface area (Å²) in [6.07, 6.45) is 4.36. The van der Waals surface area contributed by atoms with Crippen molar-refractivity contribution in [3.05, 3.63) is 23.8 Å². The van der Waals surface area contributed by atoms with E-state index in [-0.39, 0.29) is 18.4 Å². The lowest BCUT2D eigenvalue weighted by atomic mass is 9.83. The van der Waals surface area contributed by atoms with Crippen molar-refractivity contribution in [2.75, 3.05) is 34.0 Å². The fourth-order valence-electron chi connectivity index (χ4n) is 4.07. The number of nitrogens with one attached hydrogen (secondary N) is 1. The summed E-state index contributed by atoms with van der Waals surface area (Å²) < 4.78 is 16.5. The van der Waals surface area contributed by atoms with Crippen LogP contribution in [0.25, 0.3) is 0 Å². The molecule has 0 aliphatic rings. The average molecular weight is 495 g/mol. The largest absolute Gasteiger partial charge is 0.493 e. The lowest BCUT2D eigenvalue weighted by molar-refractivity contribution is -0.130. The molecule has 4 N–H and O–H groups in total. The Hall–Kier alpha value is -1.83. The Labute approximate surface area is 213 Å². The van der Waals surface area contributed by atoms with Gasteiger partial charge < -0.3 is 30.4 Å². The van der Waals surface area contributed by atoms with Gasteiger partial charge in [0.25, 0.3) is 0 Å². The Bertz CT molecular complexity index is 738. The average Bonchev–Trinajstić information content (AvgIpc) is 2.83. The number of benzene rings is 1. The molecule has 1 rings (SSSR count). The maximum absolute atomic E-state index is 12.6. The van der Waals surface area contributed by atoms with E-state index in [1.807, 2.05) is 26.0 Å². The molecule has 202 valence electrons. The number of amides is 1. The summed E-state index contributed by atoms with van der Waals surface area (Å²) >= 11 is 0. The number of unbranched alkanes of at least 4 members (excludes halogenated alkanes) is 1. The molecule has 0 bridgehead atoms. The van der Waals surface area contributed by atoms with E-state index in [2.05, 4.69) is 32.2 Å². The number of carbonyl (C=O) groups excluding carboxylic acids is 1. The quantitative estimate of drug-likeness (QED) is 0.262. The van der Waals surface area contributed by atoms with Crippen molar-refractivity contribution >= 4 is 5.91 Å². The zero-order valence-electron chi connectivity index (χ0n) is 23.1. The zero-order chi connectivity index (χ0) is 26.4. The van der Waals surface area contributed by atoms with Crippen molar-refractivity contribution in [3.63, 3.8) is 0 Å². The topological polar surface area (TPSA) is 103 Å². The summed E-state index contributed by atoms with van der Waals surface area (Å²) in [5.41, 5.74) is 7.09. The molecule has 7 nitrogen and oxygen atoms in total. The molecule has 0 unspecified atom stereocenters. The van der Waals surface area contributed by atoms with Crippen molar-refractivity contribution in [1.29, 1.82) is 0 Å². The highest BCUT2D eigenvalue weighted by atomic mass is 16.5. The van der Waals surface area contributed by atoms with Crippen LogP contribution in [0.5, 0.6) is 11.5 Å². The van der Waals surface area contributed by atoms with Crippen LogP contribution in [0.3, 0.4) is 0 Å². The van der Waals surface area contributed by atoms with Crippen molar-refractivity contribution in [1.82, 2.24) is 5.32 Å². The summed E-state index contributed by atoms with van der Waals surface area (Å²) in [5, 5.41) is 13.6. The SMILES string of the molecule is CCCCC(C)(C)C(=O)NC[C@@H](O)[C@H](N)C[C@H](Cc1ccc(OC)c(OCCCOC)c1)C(C)C. The second-order valence-corrected chi connectivity index (χ2v) is 10.6. The van der Waals surface area contributed by atoms with Crippen LogP contribution in [0.2, 0.25) is 0 Å². The zero-order valence-corrected chi connectivity index (χ0v) is 23.1. The highest BCUT2D eigenvalue weighted by Crippen LogP contribution is 2.31. The number of aliphatic hydroxyl groups excluding tert-OH is 1. The van der Waals surface area contributed by atoms with Crippen LogP contribution in [0.4, 0.5) is 0 Å². The van der Waals surface area contributed by atoms with E-state index in [0.717, 1.165) is 43.4 Å². The van der Waals surface area contributed by atoms with Gasteiger partial charge in [0.1, 0.15) is 0 Å². The van der Waals surface area contributed by atoms with Crippen molar-refractivity contribution in [2.45, 2.75) is 85.3 Å². The van der Waals surface area contributed by atoms with Crippen LogP contribution in [0.15, 0.2) is 18.2 Å². The molecule has 0 spiro atoms. The Morgan fingerprint density at radius 3 is 2.46 bits per heavy atom. The second kappa shape index (κ2) is 16.0. The van der Waals surface area contributed by atoms with E-state index in [0.29, 0.717) is 31.3 Å². The van der Waals surface area contributed by atoms with Gasteiger partial charge >= 0.3 is 0 Å². The van der Waals surface area contributed by atoms with Gasteiger partial charge in [-0.25, -0.2) is 0 Å². The summed E-state index contributed by atoms with van der Waals surface area (Å²) in [7, 11) is 3.31. The molecule has 0 radical (unpaired) electrons. The van der Waals surface area contributed by atoms with E-state index in [4.69, 9.17) is 19.9 Å². The number of rotatable bonds is 18. The number of aliphatic hydroxyl groups is 1. The summed E-state index contributed by atoms with van der Waals surface area (Å²) in [5.74, 6) is 2.04. The van der Waals surface area contributed by atoms with E-state index in [9.17, 15) is 9.90 Å². The molecule has 0 aliphatic heterocycles. The van der Waals surface area contributed by atoms with Gasteiger partial charge in [-0.2, -0.15) is 0 Å². The highest BCUT2D eigenvalue weighted by Gasteiger charge is 2.28. The Morgan fingerprint density at radius 1 is 1.14 bits per heavy atom. The van der Waals surface area contributed by atoms with Crippen molar-refractivity contribution in [3.8, 4) is 11.5 Å². The molecule has 0 aliphatic carbocycles. The predicted molar refractivity (Wildman–Crippen MR) is 142 cm³/mol. The number of hydrogen-bond acceptors (Lipinski definition) is 6. The van der Waals surface area contributed by atoms with Gasteiger partial charge in [0.2, 0.25) is 5.91 Å². The van der Waals surface area contributed by atoms with Crippen LogP contribution in [0, 0.1) is 17.3 Å². The van der Waals surface area contributed by atoms with Crippen LogP contribution in [-0.4, -0.2) is 57.1 Å². The van der Waals surface area contributed by atoms with Gasteiger partial charge in [-0.05, 0) is 48.8 Å². The highest BCUT2D eigenvalue weighted by molar-refractivity contribution is 5.81. The summed E-state index contributed by atoms with van der Waals surface area (Å²) in [4.78, 5) is 12.6. The molecule has 1 amide bonds. The molecule has 1 aromatic rings. The van der Waals surface area contributed by atoms with Gasteiger partial charge in [-0.3, -0.25) is 4.79 Å². The normalized spacial score (nSPS) is 14.5. The smallest absolute Gasteiger partial charge is 0.225 e. The molecular weight excluding hydrogens is 444 g/mol. The third kappa shape index (κ3) is 11.2. The maximum Gasteiger partial charge on any atom is 0.225 e. The molecule has 0 saturated heterocycles. The first-order valence-electron chi connectivity index (χ1n) is 13.1. The Kier molecular flexibility index (Phi) is 14.3. The Balaban J connectivity index is 2.73. The monoisotopic (exact) mass is 494 g/mol. The lowest BCUT2D eigenvalue weighted by Gasteiger charge is -2.29. The van der Waals surface area contributed by atoms with E-state index >= 15 is 0 Å². The fourth-order valence-corrected chi connectivity index (χ4v) is 4.07. The second-order valence-electron chi connectivity index (χ2n) is 10.6. The third-order valence-corrected chi connectivity index (χ3v) is 6.73. The number of methoxy groups -OCH3 is 2. The standard InChI is InChI=1S/C28H50N2O5/c1-8-9-13-28(4,5)27(32)30-19-24(31)23(29)18-22(20(2)3)16-21-11-12-25(34-7)26(17-21)35-15-10-14-33-6/h11-12,17,20,22-24,31H,8-10,13-16,18-19,29H2,1-7H3,(H,30,32)/t22-,23+,24+/m0/s1. The first-order valence-corrected chi connectivity index (χ1v) is 13.1. The lowest BCUT2D eigenvalue weighted by Crippen LogP contribution is -2.47. The molecule has 0 aromatic heterocycles. The minimum absolute atomic E-state index is 0.0335. The summed E-state index contributed by atoms with van der Waals surface area (Å²) in [6, 6.07) is 5.59. The van der Waals surface area contributed by atoms with Crippen molar-refractivity contribution < 1.29 is 24.1 Å². The van der Waals surface area contributed by atoms with Crippen LogP contribution in [0.1, 0.15) is 72.3 Å². The van der Waals surface area contributed by atoms with Crippen LogP contribution >= 0.6 is 0 Å². The first kappa shape index (κ1) is 31.2. The third-order valence-electron chi connectivity index (χ3n) is 6.73. The van der Waals surface area contributed by atoms with Crippen LogP contribution in [-0.2, 0) is 16.0 Å². The number of hydrogen-bond donors (Lipinski definition) is 3. The van der Waals surface area contributed by atoms with Crippen LogP contribution < -0.4 is 20.5 Å². The number of nitrogens with two attached hydrogens (primary N) is 1. The van der Waals surface area contributed by atoms with E-state index in [1.54, 1.807) is 14.2 Å². The Morgan fingerprint density at radius 2 is 1.86 bits per heavy atom. The molecule has 0 heterocycles. The molecule has 0 fully saturated rings. The molecule has 35 heavy (non-hydrogen) atoms. The minimum Gasteiger partial charge on any atom is -0.493 e. The van der Waals surface area contributed by atoms with E-state index < -0.39 is 17.6 Å². The number of carbonyl (C=O) groups is 1. The fraction of sp³-hybridized carbons (Fsp3) is 0.750. The van der Waals surface area contributed by atoms with Gasteiger partial charge in [0.15, 0.2) is 11.5 Å². The van der Waals surface area contributed by atoms with E-state index in [1.165, 1.54) is 0 Å². The van der Waals surface area contributed by atoms with Gasteiger partial charge in [0, 0.05) is 38.1 Å². The summed E-state index contributed by atoms with van der Waals surface area (Å²) in [6.45, 7) is 11.7. The molecular formula is C28H50N2O5. The minimum atomic E-state index is -0.794. The van der Waals surface area contributed by atoms with Gasteiger partial charge in [-0.15, -0.1) is 0 Å². The number of ether oxygens (including phenoxy) is 3. The predicted octanol–water partition coefficient (Wildman–Crippen LogP) is 4.34. The maximum atomic E-state index is 12.6. The molecule has 3 atom stereocenters. The molecule has 0 saturated carbocycles. The molecule has 7 heteroatoms. The molecule has 1 aromatic carbocycles. The van der Waals surface area contributed by atoms with Gasteiger partial charge in [-0.1, -0.05) is 53.5 Å². The first-order chi connectivity index (χ1) is 16.5.